The third-order valence-corrected chi connectivity index (χ3v) is 9.61. The molecule has 2 atom stereocenters. The number of anilines is 1. The van der Waals surface area contributed by atoms with Gasteiger partial charge in [-0.3, -0.25) is 13.9 Å². The molecule has 2 amide bonds. The Bertz CT molecular complexity index is 1530. The van der Waals surface area contributed by atoms with Gasteiger partial charge in [0.2, 0.25) is 11.8 Å². The lowest BCUT2D eigenvalue weighted by molar-refractivity contribution is -0.140. The van der Waals surface area contributed by atoms with Crippen LogP contribution >= 0.6 is 23.2 Å². The zero-order valence-corrected chi connectivity index (χ0v) is 27.3. The maximum atomic E-state index is 14.3. The van der Waals surface area contributed by atoms with E-state index >= 15 is 0 Å². The van der Waals surface area contributed by atoms with Gasteiger partial charge in [-0.2, -0.15) is 0 Å². The van der Waals surface area contributed by atoms with Crippen molar-refractivity contribution < 1.29 is 18.0 Å². The second-order valence-electron chi connectivity index (χ2n) is 10.6. The van der Waals surface area contributed by atoms with Crippen molar-refractivity contribution in [3.05, 3.63) is 93.0 Å². The van der Waals surface area contributed by atoms with Crippen LogP contribution in [0.2, 0.25) is 10.0 Å². The molecule has 3 rings (SSSR count). The molecule has 0 unspecified atom stereocenters. The first-order valence-corrected chi connectivity index (χ1v) is 16.2. The molecule has 3 aromatic rings. The molecule has 0 radical (unpaired) electrons. The van der Waals surface area contributed by atoms with Gasteiger partial charge in [0.1, 0.15) is 12.6 Å². The van der Waals surface area contributed by atoms with E-state index in [4.69, 9.17) is 23.2 Å². The van der Waals surface area contributed by atoms with Gasteiger partial charge in [0, 0.05) is 22.6 Å². The van der Waals surface area contributed by atoms with Crippen LogP contribution in [-0.2, 0) is 26.2 Å². The highest BCUT2D eigenvalue weighted by atomic mass is 35.5. The van der Waals surface area contributed by atoms with Gasteiger partial charge in [0.25, 0.3) is 10.0 Å². The van der Waals surface area contributed by atoms with Gasteiger partial charge in [-0.15, -0.1) is 0 Å². The summed E-state index contributed by atoms with van der Waals surface area (Å²) >= 11 is 12.6. The molecule has 7 nitrogen and oxygen atoms in total. The molecule has 0 aliphatic heterocycles. The van der Waals surface area contributed by atoms with E-state index < -0.39 is 28.5 Å². The largest absolute Gasteiger partial charge is 0.352 e. The predicted molar refractivity (Wildman–Crippen MR) is 171 cm³/mol. The van der Waals surface area contributed by atoms with Crippen LogP contribution in [-0.4, -0.2) is 43.8 Å². The molecule has 0 saturated heterocycles. The molecular formula is C32H39Cl2N3O4S. The summed E-state index contributed by atoms with van der Waals surface area (Å²) in [5, 5.41) is 3.75. The van der Waals surface area contributed by atoms with E-state index in [1.54, 1.807) is 36.4 Å². The van der Waals surface area contributed by atoms with Crippen molar-refractivity contribution in [3.63, 3.8) is 0 Å². The predicted octanol–water partition coefficient (Wildman–Crippen LogP) is 6.84. The standard InChI is InChI=1S/C32H39Cl2N3O4S/c1-7-24(6)35-32(39)29(8-2)36(19-25-12-13-26(33)18-28(25)34)31(38)20-37(30-16-11-22(4)17-23(30)5)42(40,41)27-14-9-21(3)10-15-27/h9-18,24,29H,7-8,19-20H2,1-6H3,(H,35,39)/t24-,29-/m0/s1. The average Bonchev–Trinajstić information content (AvgIpc) is 2.93. The number of hydrogen-bond acceptors (Lipinski definition) is 4. The second kappa shape index (κ2) is 14.4. The van der Waals surface area contributed by atoms with E-state index in [-0.39, 0.29) is 23.4 Å². The third-order valence-electron chi connectivity index (χ3n) is 7.25. The Hall–Kier alpha value is -3.07. The highest BCUT2D eigenvalue weighted by Gasteiger charge is 2.34. The number of hydrogen-bond donors (Lipinski definition) is 1. The summed E-state index contributed by atoms with van der Waals surface area (Å²) in [4.78, 5) is 29.2. The van der Waals surface area contributed by atoms with Crippen LogP contribution in [0.4, 0.5) is 5.69 Å². The van der Waals surface area contributed by atoms with Crippen molar-refractivity contribution in [3.8, 4) is 0 Å². The fourth-order valence-electron chi connectivity index (χ4n) is 4.63. The summed E-state index contributed by atoms with van der Waals surface area (Å²) in [5.74, 6) is -0.854. The van der Waals surface area contributed by atoms with Gasteiger partial charge in [0.05, 0.1) is 10.6 Å². The minimum atomic E-state index is -4.16. The molecule has 10 heteroatoms. The molecule has 0 spiro atoms. The molecule has 0 bridgehead atoms. The van der Waals surface area contributed by atoms with Gasteiger partial charge in [-0.05, 0) is 82.0 Å². The van der Waals surface area contributed by atoms with E-state index in [0.29, 0.717) is 39.7 Å². The Kier molecular flexibility index (Phi) is 11.5. The Labute approximate surface area is 259 Å². The normalized spacial score (nSPS) is 12.9. The van der Waals surface area contributed by atoms with Crippen LogP contribution in [0, 0.1) is 20.8 Å². The SMILES string of the molecule is CC[C@H](C)NC(=O)[C@H](CC)N(Cc1ccc(Cl)cc1Cl)C(=O)CN(c1ccc(C)cc1C)S(=O)(=O)c1ccc(C)cc1. The second-order valence-corrected chi connectivity index (χ2v) is 13.3. The number of carbonyl (C=O) groups excluding carboxylic acids is 2. The van der Waals surface area contributed by atoms with E-state index in [0.717, 1.165) is 15.4 Å². The first-order chi connectivity index (χ1) is 19.8. The number of sulfonamides is 1. The summed E-state index contributed by atoms with van der Waals surface area (Å²) in [5.41, 5.74) is 3.54. The number of carbonyl (C=O) groups is 2. The topological polar surface area (TPSA) is 86.8 Å². The van der Waals surface area contributed by atoms with Gasteiger partial charge in [0.15, 0.2) is 0 Å². The summed E-state index contributed by atoms with van der Waals surface area (Å²) in [6.45, 7) is 10.7. The summed E-state index contributed by atoms with van der Waals surface area (Å²) in [6, 6.07) is 15.9. The Balaban J connectivity index is 2.12. The molecule has 0 aromatic heterocycles. The summed E-state index contributed by atoms with van der Waals surface area (Å²) in [7, 11) is -4.16. The fraction of sp³-hybridized carbons (Fsp3) is 0.375. The van der Waals surface area contributed by atoms with Gasteiger partial charge < -0.3 is 10.2 Å². The van der Waals surface area contributed by atoms with Crippen LogP contribution < -0.4 is 9.62 Å². The van der Waals surface area contributed by atoms with Crippen LogP contribution in [0.5, 0.6) is 0 Å². The molecule has 226 valence electrons. The van der Waals surface area contributed by atoms with E-state index in [1.165, 1.54) is 17.0 Å². The van der Waals surface area contributed by atoms with Crippen LogP contribution in [0.3, 0.4) is 0 Å². The smallest absolute Gasteiger partial charge is 0.264 e. The maximum Gasteiger partial charge on any atom is 0.264 e. The number of aryl methyl sites for hydroxylation is 3. The Morgan fingerprint density at radius 1 is 0.881 bits per heavy atom. The maximum absolute atomic E-state index is 14.3. The third kappa shape index (κ3) is 8.06. The molecular weight excluding hydrogens is 593 g/mol. The Morgan fingerprint density at radius 3 is 2.10 bits per heavy atom. The van der Waals surface area contributed by atoms with E-state index in [2.05, 4.69) is 5.32 Å². The fourth-order valence-corrected chi connectivity index (χ4v) is 6.58. The summed E-state index contributed by atoms with van der Waals surface area (Å²) < 4.78 is 29.3. The average molecular weight is 633 g/mol. The van der Waals surface area contributed by atoms with Crippen molar-refractivity contribution in [2.75, 3.05) is 10.8 Å². The molecule has 1 N–H and O–H groups in total. The minimum Gasteiger partial charge on any atom is -0.352 e. The zero-order chi connectivity index (χ0) is 31.2. The number of rotatable bonds is 12. The molecule has 0 saturated carbocycles. The first-order valence-electron chi connectivity index (χ1n) is 14.0. The minimum absolute atomic E-state index is 0.00737. The number of amides is 2. The number of halogens is 2. The molecule has 0 aliphatic carbocycles. The number of nitrogens with zero attached hydrogens (tertiary/aromatic N) is 2. The highest BCUT2D eigenvalue weighted by Crippen LogP contribution is 2.29. The van der Waals surface area contributed by atoms with Crippen LogP contribution in [0.25, 0.3) is 0 Å². The Morgan fingerprint density at radius 2 is 1.52 bits per heavy atom. The lowest BCUT2D eigenvalue weighted by atomic mass is 10.1. The quantitative estimate of drug-likeness (QED) is 0.237. The van der Waals surface area contributed by atoms with Crippen molar-refractivity contribution in [2.45, 2.75) is 77.9 Å². The van der Waals surface area contributed by atoms with Gasteiger partial charge >= 0.3 is 0 Å². The van der Waals surface area contributed by atoms with Crippen molar-refractivity contribution >= 4 is 50.7 Å². The first kappa shape index (κ1) is 33.4. The van der Waals surface area contributed by atoms with E-state index in [9.17, 15) is 18.0 Å². The zero-order valence-electron chi connectivity index (χ0n) is 24.9. The van der Waals surface area contributed by atoms with Crippen molar-refractivity contribution in [1.29, 1.82) is 0 Å². The monoisotopic (exact) mass is 631 g/mol. The number of nitrogens with one attached hydrogen (secondary N) is 1. The molecule has 3 aromatic carbocycles. The molecule has 0 aliphatic rings. The number of benzene rings is 3. The van der Waals surface area contributed by atoms with Crippen LogP contribution in [0.1, 0.15) is 55.9 Å². The lowest BCUT2D eigenvalue weighted by Crippen LogP contribution is -2.53. The lowest BCUT2D eigenvalue weighted by Gasteiger charge is -2.34. The van der Waals surface area contributed by atoms with Gasteiger partial charge in [-0.25, -0.2) is 8.42 Å². The van der Waals surface area contributed by atoms with Crippen LogP contribution in [0.15, 0.2) is 65.6 Å². The molecule has 42 heavy (non-hydrogen) atoms. The molecule has 0 heterocycles. The van der Waals surface area contributed by atoms with Crippen molar-refractivity contribution in [1.82, 2.24) is 10.2 Å². The summed E-state index contributed by atoms with van der Waals surface area (Å²) in [6.07, 6.45) is 1.03. The van der Waals surface area contributed by atoms with Crippen molar-refractivity contribution in [2.24, 2.45) is 0 Å². The molecule has 0 fully saturated rings. The van der Waals surface area contributed by atoms with E-state index in [1.807, 2.05) is 53.7 Å². The highest BCUT2D eigenvalue weighted by molar-refractivity contribution is 7.92. The van der Waals surface area contributed by atoms with Gasteiger partial charge in [-0.1, -0.05) is 78.5 Å².